The van der Waals surface area contributed by atoms with Crippen LogP contribution in [0.1, 0.15) is 17.2 Å². The lowest BCUT2D eigenvalue weighted by Crippen LogP contribution is -2.06. The van der Waals surface area contributed by atoms with Gasteiger partial charge in [-0.3, -0.25) is 0 Å². The van der Waals surface area contributed by atoms with Crippen LogP contribution in [0, 0.1) is 5.82 Å². The molecular weight excluding hydrogens is 269 g/mol. The molecule has 0 spiro atoms. The Bertz CT molecular complexity index is 577. The number of nitrogens with zero attached hydrogens (tertiary/aromatic N) is 1. The Morgan fingerprint density at radius 2 is 2.21 bits per heavy atom. The molecule has 100 valence electrons. The molecule has 0 bridgehead atoms. The molecule has 0 saturated heterocycles. The summed E-state index contributed by atoms with van der Waals surface area (Å²) in [7, 11) is 1.47. The van der Waals surface area contributed by atoms with Crippen LogP contribution >= 0.6 is 11.6 Å². The molecule has 0 saturated carbocycles. The van der Waals surface area contributed by atoms with Gasteiger partial charge in [0.15, 0.2) is 0 Å². The number of aromatic nitrogens is 1. The molecule has 1 unspecified atom stereocenters. The third-order valence-corrected chi connectivity index (χ3v) is 3.02. The zero-order valence-electron chi connectivity index (χ0n) is 10.3. The van der Waals surface area contributed by atoms with Crippen molar-refractivity contribution in [2.24, 2.45) is 0 Å². The fraction of sp³-hybridized carbons (Fsp3) is 0.214. The standard InChI is InChI=1S/C14H13ClFNO2/c1-19-14-11(3-2-6-17-14)13(18)7-9-4-5-10(15)8-12(9)16/h2-6,8,13,18H,7H2,1H3. The predicted molar refractivity (Wildman–Crippen MR) is 70.9 cm³/mol. The molecule has 19 heavy (non-hydrogen) atoms. The first-order valence-electron chi connectivity index (χ1n) is 5.72. The third-order valence-electron chi connectivity index (χ3n) is 2.78. The number of aliphatic hydroxyl groups is 1. The highest BCUT2D eigenvalue weighted by atomic mass is 35.5. The molecule has 0 amide bonds. The van der Waals surface area contributed by atoms with Crippen molar-refractivity contribution >= 4 is 11.6 Å². The molecule has 5 heteroatoms. The van der Waals surface area contributed by atoms with Crippen molar-refractivity contribution in [3.63, 3.8) is 0 Å². The lowest BCUT2D eigenvalue weighted by Gasteiger charge is -2.14. The number of benzene rings is 1. The molecule has 2 aromatic rings. The highest BCUT2D eigenvalue weighted by Crippen LogP contribution is 2.26. The van der Waals surface area contributed by atoms with Gasteiger partial charge in [0.2, 0.25) is 5.88 Å². The predicted octanol–water partition coefficient (Wildman–Crippen LogP) is 3.16. The molecule has 1 aromatic heterocycles. The number of aliphatic hydroxyl groups excluding tert-OH is 1. The smallest absolute Gasteiger partial charge is 0.218 e. The van der Waals surface area contributed by atoms with Gasteiger partial charge in [0.1, 0.15) is 5.82 Å². The van der Waals surface area contributed by atoms with Crippen molar-refractivity contribution < 1.29 is 14.2 Å². The molecule has 1 aromatic carbocycles. The minimum absolute atomic E-state index is 0.130. The minimum atomic E-state index is -0.890. The minimum Gasteiger partial charge on any atom is -0.481 e. The Hall–Kier alpha value is -1.65. The largest absolute Gasteiger partial charge is 0.481 e. The van der Waals surface area contributed by atoms with Crippen LogP contribution < -0.4 is 4.74 Å². The molecule has 1 atom stereocenters. The van der Waals surface area contributed by atoms with Gasteiger partial charge in [0, 0.05) is 23.2 Å². The van der Waals surface area contributed by atoms with E-state index in [0.717, 1.165) is 0 Å². The topological polar surface area (TPSA) is 42.4 Å². The lowest BCUT2D eigenvalue weighted by molar-refractivity contribution is 0.171. The normalized spacial score (nSPS) is 12.2. The van der Waals surface area contributed by atoms with Gasteiger partial charge in [-0.05, 0) is 29.8 Å². The maximum atomic E-state index is 13.7. The van der Waals surface area contributed by atoms with Crippen LogP contribution in [0.4, 0.5) is 4.39 Å². The summed E-state index contributed by atoms with van der Waals surface area (Å²) in [6, 6.07) is 7.77. The van der Waals surface area contributed by atoms with E-state index in [2.05, 4.69) is 4.98 Å². The first-order valence-corrected chi connectivity index (χ1v) is 6.10. The summed E-state index contributed by atoms with van der Waals surface area (Å²) in [4.78, 5) is 4.00. The van der Waals surface area contributed by atoms with E-state index in [0.29, 0.717) is 22.0 Å². The van der Waals surface area contributed by atoms with E-state index in [1.54, 1.807) is 30.5 Å². The van der Waals surface area contributed by atoms with Gasteiger partial charge in [-0.25, -0.2) is 9.37 Å². The maximum Gasteiger partial charge on any atom is 0.218 e. The molecule has 2 rings (SSSR count). The van der Waals surface area contributed by atoms with Crippen molar-refractivity contribution in [3.05, 3.63) is 58.5 Å². The van der Waals surface area contributed by atoms with E-state index < -0.39 is 11.9 Å². The number of rotatable bonds is 4. The van der Waals surface area contributed by atoms with Crippen LogP contribution in [-0.4, -0.2) is 17.2 Å². The quantitative estimate of drug-likeness (QED) is 0.936. The molecule has 0 aliphatic heterocycles. The molecule has 0 fully saturated rings. The summed E-state index contributed by atoms with van der Waals surface area (Å²) in [5.41, 5.74) is 0.919. The van der Waals surface area contributed by atoms with E-state index in [-0.39, 0.29) is 6.42 Å². The fourth-order valence-electron chi connectivity index (χ4n) is 1.83. The summed E-state index contributed by atoms with van der Waals surface area (Å²) >= 11 is 5.69. The van der Waals surface area contributed by atoms with Crippen LogP contribution in [0.25, 0.3) is 0 Å². The van der Waals surface area contributed by atoms with Gasteiger partial charge in [-0.2, -0.15) is 0 Å². The van der Waals surface area contributed by atoms with Crippen molar-refractivity contribution in [2.75, 3.05) is 7.11 Å². The monoisotopic (exact) mass is 281 g/mol. The third kappa shape index (κ3) is 3.22. The highest BCUT2D eigenvalue weighted by Gasteiger charge is 2.16. The summed E-state index contributed by atoms with van der Waals surface area (Å²) in [5, 5.41) is 10.5. The summed E-state index contributed by atoms with van der Waals surface area (Å²) in [5.74, 6) is -0.0984. The number of methoxy groups -OCH3 is 1. The molecule has 1 heterocycles. The van der Waals surface area contributed by atoms with Gasteiger partial charge < -0.3 is 9.84 Å². The molecular formula is C14H13ClFNO2. The van der Waals surface area contributed by atoms with Gasteiger partial charge in [-0.1, -0.05) is 17.7 Å². The van der Waals surface area contributed by atoms with Crippen molar-refractivity contribution in [1.29, 1.82) is 0 Å². The first kappa shape index (κ1) is 13.8. The van der Waals surface area contributed by atoms with Crippen LogP contribution in [0.2, 0.25) is 5.02 Å². The Labute approximate surface area is 115 Å². The Kier molecular flexibility index (Phi) is 4.35. The van der Waals surface area contributed by atoms with Crippen molar-refractivity contribution in [2.45, 2.75) is 12.5 Å². The van der Waals surface area contributed by atoms with Gasteiger partial charge in [-0.15, -0.1) is 0 Å². The number of hydrogen-bond acceptors (Lipinski definition) is 3. The van der Waals surface area contributed by atoms with E-state index >= 15 is 0 Å². The number of ether oxygens (including phenoxy) is 1. The lowest BCUT2D eigenvalue weighted by atomic mass is 10.0. The van der Waals surface area contributed by atoms with Crippen molar-refractivity contribution in [3.8, 4) is 5.88 Å². The second kappa shape index (κ2) is 5.99. The number of pyridine rings is 1. The molecule has 0 aliphatic carbocycles. The van der Waals surface area contributed by atoms with Gasteiger partial charge in [0.05, 0.1) is 13.2 Å². The Morgan fingerprint density at radius 3 is 2.89 bits per heavy atom. The fourth-order valence-corrected chi connectivity index (χ4v) is 1.99. The Morgan fingerprint density at radius 1 is 1.42 bits per heavy atom. The van der Waals surface area contributed by atoms with E-state index in [9.17, 15) is 9.50 Å². The number of hydrogen-bond donors (Lipinski definition) is 1. The van der Waals surface area contributed by atoms with E-state index in [4.69, 9.17) is 16.3 Å². The molecule has 1 N–H and O–H groups in total. The first-order chi connectivity index (χ1) is 9.11. The van der Waals surface area contributed by atoms with Crippen LogP contribution in [0.15, 0.2) is 36.5 Å². The molecule has 3 nitrogen and oxygen atoms in total. The van der Waals surface area contributed by atoms with E-state index in [1.165, 1.54) is 13.2 Å². The van der Waals surface area contributed by atoms with Gasteiger partial charge >= 0.3 is 0 Å². The van der Waals surface area contributed by atoms with Gasteiger partial charge in [0.25, 0.3) is 0 Å². The summed E-state index contributed by atoms with van der Waals surface area (Å²) < 4.78 is 18.7. The molecule has 0 aliphatic rings. The Balaban J connectivity index is 2.23. The maximum absolute atomic E-state index is 13.7. The van der Waals surface area contributed by atoms with Crippen molar-refractivity contribution in [1.82, 2.24) is 4.98 Å². The van der Waals surface area contributed by atoms with Crippen LogP contribution in [0.3, 0.4) is 0 Å². The number of halogens is 2. The average molecular weight is 282 g/mol. The van der Waals surface area contributed by atoms with Crippen LogP contribution in [-0.2, 0) is 6.42 Å². The zero-order chi connectivity index (χ0) is 13.8. The second-order valence-corrected chi connectivity index (χ2v) is 4.49. The summed E-state index contributed by atoms with van der Waals surface area (Å²) in [6.45, 7) is 0. The highest BCUT2D eigenvalue weighted by molar-refractivity contribution is 6.30. The van der Waals surface area contributed by atoms with Crippen LogP contribution in [0.5, 0.6) is 5.88 Å². The second-order valence-electron chi connectivity index (χ2n) is 4.06. The van der Waals surface area contributed by atoms with E-state index in [1.807, 2.05) is 0 Å². The molecule has 0 radical (unpaired) electrons. The summed E-state index contributed by atoms with van der Waals surface area (Å²) in [6.07, 6.45) is 0.808. The SMILES string of the molecule is COc1ncccc1C(O)Cc1ccc(Cl)cc1F. The zero-order valence-corrected chi connectivity index (χ0v) is 11.1. The average Bonchev–Trinajstić information content (AvgIpc) is 2.41.